The van der Waals surface area contributed by atoms with E-state index in [2.05, 4.69) is 9.05 Å². The minimum Gasteiger partial charge on any atom is -0.507 e. The van der Waals surface area contributed by atoms with E-state index in [9.17, 15) is 14.5 Å². The molecule has 0 amide bonds. The molecule has 2 aromatic carbocycles. The zero-order chi connectivity index (χ0) is 14.8. The molecule has 1 N–H and O–H groups in total. The summed E-state index contributed by atoms with van der Waals surface area (Å²) in [4.78, 5) is 11.0. The van der Waals surface area contributed by atoms with Gasteiger partial charge in [-0.2, -0.15) is 0 Å². The third kappa shape index (κ3) is 2.67. The SMILES string of the molecule is COP(=O)(OC)Oc1ccc2c(C=O)c(O)ccc2c1. The van der Waals surface area contributed by atoms with Crippen LogP contribution in [0.25, 0.3) is 10.8 Å². The number of aldehydes is 1. The van der Waals surface area contributed by atoms with Crippen LogP contribution in [0.4, 0.5) is 0 Å². The number of rotatable bonds is 5. The first-order chi connectivity index (χ1) is 9.53. The summed E-state index contributed by atoms with van der Waals surface area (Å²) in [6.45, 7) is 0. The Morgan fingerprint density at radius 3 is 2.45 bits per heavy atom. The first-order valence-corrected chi connectivity index (χ1v) is 7.11. The van der Waals surface area contributed by atoms with E-state index in [4.69, 9.17) is 4.52 Å². The number of carbonyl (C=O) groups is 1. The van der Waals surface area contributed by atoms with Crippen molar-refractivity contribution >= 4 is 24.9 Å². The molecule has 0 saturated carbocycles. The maximum atomic E-state index is 11.9. The van der Waals surface area contributed by atoms with E-state index in [1.165, 1.54) is 26.4 Å². The number of phosphoric ester groups is 1. The van der Waals surface area contributed by atoms with Crippen molar-refractivity contribution in [3.63, 3.8) is 0 Å². The molecule has 106 valence electrons. The second-order valence-corrected chi connectivity index (χ2v) is 5.71. The third-order valence-electron chi connectivity index (χ3n) is 2.79. The summed E-state index contributed by atoms with van der Waals surface area (Å²) in [6.07, 6.45) is 0.577. The van der Waals surface area contributed by atoms with Crippen LogP contribution < -0.4 is 4.52 Å². The van der Waals surface area contributed by atoms with Crippen molar-refractivity contribution in [1.82, 2.24) is 0 Å². The van der Waals surface area contributed by atoms with Crippen molar-refractivity contribution in [3.05, 3.63) is 35.9 Å². The molecule has 0 radical (unpaired) electrons. The number of phenolic OH excluding ortho intramolecular Hbond substituents is 1. The summed E-state index contributed by atoms with van der Waals surface area (Å²) in [5.41, 5.74) is 0.190. The monoisotopic (exact) mass is 296 g/mol. The van der Waals surface area contributed by atoms with Crippen LogP contribution in [0.1, 0.15) is 10.4 Å². The van der Waals surface area contributed by atoms with Gasteiger partial charge in [-0.3, -0.25) is 13.8 Å². The van der Waals surface area contributed by atoms with E-state index < -0.39 is 7.82 Å². The lowest BCUT2D eigenvalue weighted by atomic mass is 10.0. The lowest BCUT2D eigenvalue weighted by Crippen LogP contribution is -1.97. The number of aromatic hydroxyl groups is 1. The van der Waals surface area contributed by atoms with Crippen molar-refractivity contribution in [1.29, 1.82) is 0 Å². The fraction of sp³-hybridized carbons (Fsp3) is 0.154. The van der Waals surface area contributed by atoms with E-state index >= 15 is 0 Å². The van der Waals surface area contributed by atoms with E-state index in [1.807, 2.05) is 0 Å². The summed E-state index contributed by atoms with van der Waals surface area (Å²) in [5, 5.41) is 10.8. The van der Waals surface area contributed by atoms with Gasteiger partial charge in [0.15, 0.2) is 6.29 Å². The Bertz CT molecular complexity index is 689. The molecule has 20 heavy (non-hydrogen) atoms. The normalized spacial score (nSPS) is 11.5. The van der Waals surface area contributed by atoms with E-state index in [0.717, 1.165) is 0 Å². The van der Waals surface area contributed by atoms with Gasteiger partial charge in [-0.05, 0) is 35.0 Å². The van der Waals surface area contributed by atoms with Gasteiger partial charge in [-0.25, -0.2) is 4.57 Å². The van der Waals surface area contributed by atoms with Gasteiger partial charge in [0.1, 0.15) is 11.5 Å². The van der Waals surface area contributed by atoms with Gasteiger partial charge >= 0.3 is 7.82 Å². The molecule has 0 aromatic heterocycles. The van der Waals surface area contributed by atoms with Crippen LogP contribution in [0, 0.1) is 0 Å². The number of phosphoric acid groups is 1. The first-order valence-electron chi connectivity index (χ1n) is 5.65. The largest absolute Gasteiger partial charge is 0.529 e. The molecule has 0 aliphatic carbocycles. The minimum atomic E-state index is -3.63. The number of carbonyl (C=O) groups excluding carboxylic acids is 1. The van der Waals surface area contributed by atoms with Crippen LogP contribution in [0.15, 0.2) is 30.3 Å². The molecule has 6 nitrogen and oxygen atoms in total. The summed E-state index contributed by atoms with van der Waals surface area (Å²) in [6, 6.07) is 7.70. The zero-order valence-electron chi connectivity index (χ0n) is 10.9. The zero-order valence-corrected chi connectivity index (χ0v) is 11.8. The second kappa shape index (κ2) is 5.63. The number of phenols is 1. The van der Waals surface area contributed by atoms with Crippen LogP contribution in [0.5, 0.6) is 11.5 Å². The third-order valence-corrected chi connectivity index (χ3v) is 4.12. The van der Waals surface area contributed by atoms with E-state index in [1.54, 1.807) is 18.2 Å². The standard InChI is InChI=1S/C13H13O6P/c1-17-20(16,18-2)19-10-4-5-11-9(7-10)3-6-13(15)12(11)8-14/h3-8,15H,1-2H3. The van der Waals surface area contributed by atoms with E-state index in [0.29, 0.717) is 17.1 Å². The highest BCUT2D eigenvalue weighted by atomic mass is 31.2. The van der Waals surface area contributed by atoms with Crippen molar-refractivity contribution in [2.75, 3.05) is 14.2 Å². The molecule has 0 atom stereocenters. The van der Waals surface area contributed by atoms with Crippen LogP contribution in [0.2, 0.25) is 0 Å². The molecule has 0 bridgehead atoms. The predicted octanol–water partition coefficient (Wildman–Crippen LogP) is 3.14. The van der Waals surface area contributed by atoms with Crippen molar-refractivity contribution in [2.24, 2.45) is 0 Å². The summed E-state index contributed by atoms with van der Waals surface area (Å²) in [7, 11) is -1.20. The molecule has 0 spiro atoms. The summed E-state index contributed by atoms with van der Waals surface area (Å²) in [5.74, 6) is 0.174. The summed E-state index contributed by atoms with van der Waals surface area (Å²) < 4.78 is 26.4. The number of fused-ring (bicyclic) bond motifs is 1. The second-order valence-electron chi connectivity index (χ2n) is 3.90. The Morgan fingerprint density at radius 1 is 1.15 bits per heavy atom. The smallest absolute Gasteiger partial charge is 0.507 e. The Balaban J connectivity index is 2.48. The lowest BCUT2D eigenvalue weighted by Gasteiger charge is -2.14. The van der Waals surface area contributed by atoms with E-state index in [-0.39, 0.29) is 17.1 Å². The Hall–Kier alpha value is -1.88. The van der Waals surface area contributed by atoms with Gasteiger partial charge in [0, 0.05) is 14.2 Å². The highest BCUT2D eigenvalue weighted by molar-refractivity contribution is 7.48. The lowest BCUT2D eigenvalue weighted by molar-refractivity contribution is 0.112. The molecular weight excluding hydrogens is 283 g/mol. The molecule has 0 aliphatic heterocycles. The average molecular weight is 296 g/mol. The predicted molar refractivity (Wildman–Crippen MR) is 73.3 cm³/mol. The maximum absolute atomic E-state index is 11.9. The molecule has 0 heterocycles. The molecule has 2 rings (SSSR count). The van der Waals surface area contributed by atoms with Crippen LogP contribution in [0.3, 0.4) is 0 Å². The Kier molecular flexibility index (Phi) is 4.09. The fourth-order valence-electron chi connectivity index (χ4n) is 1.78. The highest BCUT2D eigenvalue weighted by Gasteiger charge is 2.24. The van der Waals surface area contributed by atoms with Crippen LogP contribution in [-0.4, -0.2) is 25.6 Å². The molecule has 0 aliphatic rings. The van der Waals surface area contributed by atoms with Crippen LogP contribution in [-0.2, 0) is 13.6 Å². The molecule has 7 heteroatoms. The van der Waals surface area contributed by atoms with Crippen molar-refractivity contribution < 1.29 is 28.0 Å². The van der Waals surface area contributed by atoms with Gasteiger partial charge < -0.3 is 9.63 Å². The number of benzene rings is 2. The average Bonchev–Trinajstić information content (AvgIpc) is 2.47. The highest BCUT2D eigenvalue weighted by Crippen LogP contribution is 2.48. The first kappa shape index (κ1) is 14.5. The van der Waals surface area contributed by atoms with Gasteiger partial charge in [0.2, 0.25) is 0 Å². The van der Waals surface area contributed by atoms with Crippen LogP contribution >= 0.6 is 7.82 Å². The molecule has 0 fully saturated rings. The van der Waals surface area contributed by atoms with Gasteiger partial charge in [0.25, 0.3) is 0 Å². The number of hydrogen-bond acceptors (Lipinski definition) is 6. The quantitative estimate of drug-likeness (QED) is 0.674. The number of hydrogen-bond donors (Lipinski definition) is 1. The van der Waals surface area contributed by atoms with Crippen molar-refractivity contribution in [3.8, 4) is 11.5 Å². The summed E-state index contributed by atoms with van der Waals surface area (Å²) >= 11 is 0. The van der Waals surface area contributed by atoms with Crippen molar-refractivity contribution in [2.45, 2.75) is 0 Å². The van der Waals surface area contributed by atoms with Gasteiger partial charge in [0.05, 0.1) is 5.56 Å². The topological polar surface area (TPSA) is 82.1 Å². The van der Waals surface area contributed by atoms with Gasteiger partial charge in [-0.1, -0.05) is 6.07 Å². The van der Waals surface area contributed by atoms with Gasteiger partial charge in [-0.15, -0.1) is 0 Å². The molecule has 2 aromatic rings. The molecular formula is C13H13O6P. The Labute approximate surface area is 115 Å². The maximum Gasteiger partial charge on any atom is 0.529 e. The Morgan fingerprint density at radius 2 is 1.85 bits per heavy atom. The molecule has 0 saturated heterocycles. The minimum absolute atomic E-state index is 0.0966. The molecule has 0 unspecified atom stereocenters. The fourth-order valence-corrected chi connectivity index (χ4v) is 2.45.